The Hall–Kier alpha value is -2.75. The van der Waals surface area contributed by atoms with Gasteiger partial charge in [-0.1, -0.05) is 6.07 Å². The number of hydrazone groups is 1. The number of anilines is 2. The average Bonchev–Trinajstić information content (AvgIpc) is 2.51. The molecule has 9 N–H and O–H groups in total. The standard InChI is InChI=1S/C13H19N9/c14-11-9(3-1-5-17-11)7-19-21-13(16)22-20-8-10-4-2-6-18-12(10)15/h1-7,13,20-22H,8,16H2,(H2,14,17)(H2,15,18)/b19-7+. The number of pyridine rings is 2. The van der Waals surface area contributed by atoms with E-state index >= 15 is 0 Å². The van der Waals surface area contributed by atoms with Crippen LogP contribution in [0.2, 0.25) is 0 Å². The summed E-state index contributed by atoms with van der Waals surface area (Å²) in [5, 5.41) is 3.99. The molecule has 22 heavy (non-hydrogen) atoms. The molecule has 9 nitrogen and oxygen atoms in total. The third kappa shape index (κ3) is 4.66. The SMILES string of the molecule is Nc1ncccc1/C=N/NC(N)NNCc1cccnc1N. The van der Waals surface area contributed by atoms with Gasteiger partial charge in [-0.05, 0) is 18.2 Å². The van der Waals surface area contributed by atoms with Crippen molar-refractivity contribution in [2.24, 2.45) is 10.8 Å². The highest BCUT2D eigenvalue weighted by atomic mass is 15.5. The van der Waals surface area contributed by atoms with Crippen molar-refractivity contribution in [2.45, 2.75) is 12.8 Å². The van der Waals surface area contributed by atoms with Gasteiger partial charge in [0.25, 0.3) is 0 Å². The van der Waals surface area contributed by atoms with Crippen molar-refractivity contribution in [2.75, 3.05) is 11.5 Å². The van der Waals surface area contributed by atoms with Crippen molar-refractivity contribution < 1.29 is 0 Å². The van der Waals surface area contributed by atoms with Crippen LogP contribution in [0.5, 0.6) is 0 Å². The smallest absolute Gasteiger partial charge is 0.157 e. The van der Waals surface area contributed by atoms with E-state index < -0.39 is 6.29 Å². The fraction of sp³-hybridized carbons (Fsp3) is 0.154. The normalized spacial score (nSPS) is 12.4. The highest BCUT2D eigenvalue weighted by Gasteiger charge is 2.01. The van der Waals surface area contributed by atoms with Crippen molar-refractivity contribution in [3.05, 3.63) is 47.8 Å². The first kappa shape index (κ1) is 15.6. The fourth-order valence-corrected chi connectivity index (χ4v) is 1.62. The second-order valence-electron chi connectivity index (χ2n) is 4.39. The van der Waals surface area contributed by atoms with Gasteiger partial charge < -0.3 is 11.5 Å². The lowest BCUT2D eigenvalue weighted by Gasteiger charge is -2.14. The van der Waals surface area contributed by atoms with Gasteiger partial charge in [0.15, 0.2) is 6.29 Å². The minimum absolute atomic E-state index is 0.403. The summed E-state index contributed by atoms with van der Waals surface area (Å²) < 4.78 is 0. The maximum atomic E-state index is 5.79. The van der Waals surface area contributed by atoms with Crippen LogP contribution in [0.25, 0.3) is 0 Å². The van der Waals surface area contributed by atoms with Gasteiger partial charge in [0, 0.05) is 30.1 Å². The number of nitrogen functional groups attached to an aromatic ring is 2. The third-order valence-corrected chi connectivity index (χ3v) is 2.75. The predicted octanol–water partition coefficient (Wildman–Crippen LogP) is -0.899. The summed E-state index contributed by atoms with van der Waals surface area (Å²) in [6.07, 6.45) is 4.20. The molecule has 2 aromatic rings. The van der Waals surface area contributed by atoms with E-state index in [0.29, 0.717) is 23.7 Å². The maximum Gasteiger partial charge on any atom is 0.157 e. The Morgan fingerprint density at radius 1 is 1.14 bits per heavy atom. The lowest BCUT2D eigenvalue weighted by molar-refractivity contribution is 0.382. The van der Waals surface area contributed by atoms with E-state index in [9.17, 15) is 0 Å². The van der Waals surface area contributed by atoms with Gasteiger partial charge >= 0.3 is 0 Å². The van der Waals surface area contributed by atoms with Crippen molar-refractivity contribution in [3.8, 4) is 0 Å². The molecular formula is C13H19N9. The molecule has 0 aliphatic carbocycles. The number of hydrazine groups is 1. The fourth-order valence-electron chi connectivity index (χ4n) is 1.62. The van der Waals surface area contributed by atoms with Gasteiger partial charge in [-0.3, -0.25) is 16.6 Å². The van der Waals surface area contributed by atoms with E-state index in [4.69, 9.17) is 17.2 Å². The molecule has 0 bridgehead atoms. The minimum atomic E-state index is -0.591. The molecule has 116 valence electrons. The molecule has 1 unspecified atom stereocenters. The topological polar surface area (TPSA) is 152 Å². The van der Waals surface area contributed by atoms with Crippen molar-refractivity contribution in [1.29, 1.82) is 0 Å². The number of hydrogen-bond acceptors (Lipinski definition) is 9. The van der Waals surface area contributed by atoms with E-state index in [1.165, 1.54) is 0 Å². The van der Waals surface area contributed by atoms with E-state index in [1.54, 1.807) is 30.7 Å². The van der Waals surface area contributed by atoms with E-state index in [0.717, 1.165) is 5.56 Å². The van der Waals surface area contributed by atoms with Crippen molar-refractivity contribution in [3.63, 3.8) is 0 Å². The Morgan fingerprint density at radius 3 is 2.59 bits per heavy atom. The van der Waals surface area contributed by atoms with Crippen LogP contribution in [0.3, 0.4) is 0 Å². The van der Waals surface area contributed by atoms with Crippen LogP contribution in [0, 0.1) is 0 Å². The molecule has 0 aromatic carbocycles. The van der Waals surface area contributed by atoms with Crippen molar-refractivity contribution >= 4 is 17.9 Å². The summed E-state index contributed by atoms with van der Waals surface area (Å²) in [6, 6.07) is 7.26. The Bertz CT molecular complexity index is 628. The summed E-state index contributed by atoms with van der Waals surface area (Å²) in [6.45, 7) is 0.480. The molecule has 2 heterocycles. The Balaban J connectivity index is 1.73. The molecule has 0 amide bonds. The van der Waals surface area contributed by atoms with Gasteiger partial charge in [0.05, 0.1) is 6.21 Å². The molecular weight excluding hydrogens is 282 g/mol. The lowest BCUT2D eigenvalue weighted by Crippen LogP contribution is -2.53. The van der Waals surface area contributed by atoms with Gasteiger partial charge in [-0.15, -0.1) is 0 Å². The number of nitrogens with zero attached hydrogens (tertiary/aromatic N) is 3. The number of nitrogens with one attached hydrogen (secondary N) is 3. The van der Waals surface area contributed by atoms with Crippen LogP contribution < -0.4 is 33.5 Å². The monoisotopic (exact) mass is 301 g/mol. The van der Waals surface area contributed by atoms with Crippen LogP contribution in [-0.4, -0.2) is 22.5 Å². The van der Waals surface area contributed by atoms with Gasteiger partial charge in [0.2, 0.25) is 0 Å². The zero-order valence-corrected chi connectivity index (χ0v) is 11.9. The lowest BCUT2D eigenvalue weighted by atomic mass is 10.2. The third-order valence-electron chi connectivity index (χ3n) is 2.75. The number of rotatable bonds is 7. The van der Waals surface area contributed by atoms with E-state index in [2.05, 4.69) is 31.3 Å². The molecule has 2 rings (SSSR count). The first-order chi connectivity index (χ1) is 10.7. The van der Waals surface area contributed by atoms with Crippen LogP contribution in [0.15, 0.2) is 41.8 Å². The molecule has 0 aliphatic heterocycles. The largest absolute Gasteiger partial charge is 0.383 e. The second kappa shape index (κ2) is 7.88. The highest BCUT2D eigenvalue weighted by Crippen LogP contribution is 2.05. The second-order valence-corrected chi connectivity index (χ2v) is 4.39. The van der Waals surface area contributed by atoms with Gasteiger partial charge in [-0.25, -0.2) is 15.4 Å². The van der Waals surface area contributed by atoms with Crippen LogP contribution in [0.4, 0.5) is 11.6 Å². The average molecular weight is 301 g/mol. The first-order valence-electron chi connectivity index (χ1n) is 6.59. The summed E-state index contributed by atoms with van der Waals surface area (Å²) in [5.41, 5.74) is 27.2. The Kier molecular flexibility index (Phi) is 5.60. The van der Waals surface area contributed by atoms with Gasteiger partial charge in [-0.2, -0.15) is 5.10 Å². The summed E-state index contributed by atoms with van der Waals surface area (Å²) in [5.74, 6) is 0.878. The first-order valence-corrected chi connectivity index (χ1v) is 6.59. The van der Waals surface area contributed by atoms with Crippen LogP contribution in [0.1, 0.15) is 11.1 Å². The van der Waals surface area contributed by atoms with Crippen LogP contribution >= 0.6 is 0 Å². The zero-order chi connectivity index (χ0) is 15.8. The molecule has 0 saturated heterocycles. The summed E-state index contributed by atoms with van der Waals surface area (Å²) in [7, 11) is 0. The highest BCUT2D eigenvalue weighted by molar-refractivity contribution is 5.85. The van der Waals surface area contributed by atoms with Crippen molar-refractivity contribution in [1.82, 2.24) is 26.2 Å². The predicted molar refractivity (Wildman–Crippen MR) is 86.0 cm³/mol. The summed E-state index contributed by atoms with van der Waals surface area (Å²) >= 11 is 0. The molecule has 0 fully saturated rings. The molecule has 0 radical (unpaired) electrons. The molecule has 0 spiro atoms. The van der Waals surface area contributed by atoms with E-state index in [-0.39, 0.29) is 0 Å². The Morgan fingerprint density at radius 2 is 1.86 bits per heavy atom. The molecule has 9 heteroatoms. The zero-order valence-electron chi connectivity index (χ0n) is 11.9. The Labute approximate surface area is 128 Å². The number of hydrogen-bond donors (Lipinski definition) is 6. The number of nitrogens with two attached hydrogens (primary N) is 3. The summed E-state index contributed by atoms with van der Waals surface area (Å²) in [4.78, 5) is 7.94. The minimum Gasteiger partial charge on any atom is -0.383 e. The molecule has 2 aromatic heterocycles. The van der Waals surface area contributed by atoms with Crippen LogP contribution in [-0.2, 0) is 6.54 Å². The molecule has 1 atom stereocenters. The maximum absolute atomic E-state index is 5.79. The molecule has 0 aliphatic rings. The number of aromatic nitrogens is 2. The van der Waals surface area contributed by atoms with E-state index in [1.807, 2.05) is 12.1 Å². The molecule has 0 saturated carbocycles. The van der Waals surface area contributed by atoms with Gasteiger partial charge in [0.1, 0.15) is 11.6 Å². The quantitative estimate of drug-likeness (QED) is 0.219.